The van der Waals surface area contributed by atoms with Crippen LogP contribution in [-0.2, 0) is 30.4 Å². The molecule has 0 unspecified atom stereocenters. The largest absolute Gasteiger partial charge is 0.508 e. The highest BCUT2D eigenvalue weighted by atomic mass is 16.4. The van der Waals surface area contributed by atoms with Gasteiger partial charge in [-0.05, 0) is 38.0 Å². The van der Waals surface area contributed by atoms with Crippen molar-refractivity contribution in [2.75, 3.05) is 0 Å². The van der Waals surface area contributed by atoms with Crippen molar-refractivity contribution in [3.8, 4) is 5.75 Å². The molecule has 176 valence electrons. The second-order valence-corrected chi connectivity index (χ2v) is 7.28. The Morgan fingerprint density at radius 3 is 1.94 bits per heavy atom. The van der Waals surface area contributed by atoms with Gasteiger partial charge in [0.25, 0.3) is 0 Å². The first-order chi connectivity index (χ1) is 14.9. The van der Waals surface area contributed by atoms with Crippen LogP contribution < -0.4 is 21.7 Å². The summed E-state index contributed by atoms with van der Waals surface area (Å²) in [6.45, 7) is 2.82. The van der Waals surface area contributed by atoms with E-state index >= 15 is 0 Å². The topological polar surface area (TPSA) is 208 Å². The number of phenolic OH excluding ortho intramolecular Hbond substituents is 1. The van der Waals surface area contributed by atoms with Crippen molar-refractivity contribution in [1.82, 2.24) is 16.0 Å². The van der Waals surface area contributed by atoms with Gasteiger partial charge in [-0.2, -0.15) is 0 Å². The Balaban J connectivity index is 2.99. The van der Waals surface area contributed by atoms with Crippen molar-refractivity contribution < 1.29 is 39.3 Å². The number of hydrogen-bond acceptors (Lipinski definition) is 7. The van der Waals surface area contributed by atoms with E-state index in [1.54, 1.807) is 0 Å². The van der Waals surface area contributed by atoms with Gasteiger partial charge in [-0.1, -0.05) is 12.1 Å². The molecule has 0 aromatic heterocycles. The molecule has 0 aliphatic heterocycles. The number of carbonyl (C=O) groups is 5. The maximum atomic E-state index is 12.8. The molecule has 1 aromatic rings. The minimum Gasteiger partial charge on any atom is -0.508 e. The van der Waals surface area contributed by atoms with Crippen LogP contribution in [0.5, 0.6) is 5.75 Å². The minimum absolute atomic E-state index is 0.00867. The fraction of sp³-hybridized carbons (Fsp3) is 0.450. The number of hydrogen-bond donors (Lipinski definition) is 7. The number of nitrogens with two attached hydrogens (primary N) is 1. The lowest BCUT2D eigenvalue weighted by molar-refractivity contribution is -0.143. The van der Waals surface area contributed by atoms with Gasteiger partial charge in [0.1, 0.15) is 23.9 Å². The molecule has 8 N–H and O–H groups in total. The fourth-order valence-corrected chi connectivity index (χ4v) is 2.58. The Morgan fingerprint density at radius 2 is 1.44 bits per heavy atom. The lowest BCUT2D eigenvalue weighted by atomic mass is 10.0. The summed E-state index contributed by atoms with van der Waals surface area (Å²) in [5.74, 6) is -4.80. The highest BCUT2D eigenvalue weighted by Gasteiger charge is 2.29. The van der Waals surface area contributed by atoms with E-state index in [2.05, 4.69) is 16.0 Å². The number of carboxylic acid groups (broad SMARTS) is 2. The second-order valence-electron chi connectivity index (χ2n) is 7.28. The average Bonchev–Trinajstić information content (AvgIpc) is 2.71. The number of nitrogens with one attached hydrogen (secondary N) is 3. The van der Waals surface area contributed by atoms with E-state index in [4.69, 9.17) is 10.8 Å². The van der Waals surface area contributed by atoms with Gasteiger partial charge in [-0.15, -0.1) is 0 Å². The summed E-state index contributed by atoms with van der Waals surface area (Å²) in [5.41, 5.74) is 6.00. The molecule has 3 amide bonds. The van der Waals surface area contributed by atoms with Crippen LogP contribution in [0.25, 0.3) is 0 Å². The number of phenols is 1. The van der Waals surface area contributed by atoms with E-state index in [1.165, 1.54) is 38.1 Å². The van der Waals surface area contributed by atoms with Gasteiger partial charge >= 0.3 is 11.9 Å². The van der Waals surface area contributed by atoms with Crippen LogP contribution in [0.3, 0.4) is 0 Å². The quantitative estimate of drug-likeness (QED) is 0.201. The summed E-state index contributed by atoms with van der Waals surface area (Å²) < 4.78 is 0. The zero-order valence-corrected chi connectivity index (χ0v) is 17.7. The van der Waals surface area contributed by atoms with Crippen LogP contribution in [0.4, 0.5) is 0 Å². The molecular formula is C20H28N4O8. The standard InChI is InChI=1S/C20H28N4O8/c1-10(21)17(28)22-11(2)18(29)24-15(9-12-3-5-13(25)6-4-12)19(30)23-14(20(31)32)7-8-16(26)27/h3-6,10-11,14-15,25H,7-9,21H2,1-2H3,(H,22,28)(H,23,30)(H,24,29)(H,26,27)(H,31,32)/t10-,11-,14-,15-/m0/s1. The van der Waals surface area contributed by atoms with Crippen molar-refractivity contribution in [3.63, 3.8) is 0 Å². The van der Waals surface area contributed by atoms with Gasteiger partial charge < -0.3 is 37.0 Å². The average molecular weight is 452 g/mol. The van der Waals surface area contributed by atoms with E-state index in [-0.39, 0.29) is 18.6 Å². The molecule has 32 heavy (non-hydrogen) atoms. The molecular weight excluding hydrogens is 424 g/mol. The van der Waals surface area contributed by atoms with Gasteiger partial charge in [0.05, 0.1) is 6.04 Å². The van der Waals surface area contributed by atoms with Crippen LogP contribution in [0.2, 0.25) is 0 Å². The van der Waals surface area contributed by atoms with Gasteiger partial charge in [0, 0.05) is 12.8 Å². The summed E-state index contributed by atoms with van der Waals surface area (Å²) in [6.07, 6.45) is -0.888. The predicted molar refractivity (Wildman–Crippen MR) is 111 cm³/mol. The Hall–Kier alpha value is -3.67. The first-order valence-corrected chi connectivity index (χ1v) is 9.80. The number of rotatable bonds is 12. The second kappa shape index (κ2) is 12.2. The first kappa shape index (κ1) is 26.4. The molecule has 4 atom stereocenters. The van der Waals surface area contributed by atoms with Crippen LogP contribution >= 0.6 is 0 Å². The van der Waals surface area contributed by atoms with E-state index < -0.39 is 60.2 Å². The highest BCUT2D eigenvalue weighted by molar-refractivity contribution is 5.94. The maximum Gasteiger partial charge on any atom is 0.326 e. The number of carbonyl (C=O) groups excluding carboxylic acids is 3. The molecule has 0 fully saturated rings. The maximum absolute atomic E-state index is 12.8. The third-order valence-corrected chi connectivity index (χ3v) is 4.44. The fourth-order valence-electron chi connectivity index (χ4n) is 2.58. The molecule has 1 aromatic carbocycles. The monoisotopic (exact) mass is 452 g/mol. The Kier molecular flexibility index (Phi) is 10.1. The van der Waals surface area contributed by atoms with Crippen molar-refractivity contribution >= 4 is 29.7 Å². The molecule has 12 nitrogen and oxygen atoms in total. The Morgan fingerprint density at radius 1 is 0.875 bits per heavy atom. The van der Waals surface area contributed by atoms with Gasteiger partial charge in [0.2, 0.25) is 17.7 Å². The predicted octanol–water partition coefficient (Wildman–Crippen LogP) is -1.29. The number of benzene rings is 1. The van der Waals surface area contributed by atoms with Crippen molar-refractivity contribution in [3.05, 3.63) is 29.8 Å². The molecule has 0 saturated carbocycles. The number of carboxylic acids is 2. The zero-order chi connectivity index (χ0) is 24.4. The summed E-state index contributed by atoms with van der Waals surface area (Å²) in [4.78, 5) is 59.1. The minimum atomic E-state index is -1.48. The SMILES string of the molecule is C[C@H](N)C(=O)N[C@@H](C)C(=O)N[C@@H](Cc1ccc(O)cc1)C(=O)N[C@@H](CCC(=O)O)C(=O)O. The van der Waals surface area contributed by atoms with E-state index in [9.17, 15) is 34.2 Å². The lowest BCUT2D eigenvalue weighted by Crippen LogP contribution is -2.56. The molecule has 0 aliphatic carbocycles. The number of aliphatic carboxylic acids is 2. The number of aromatic hydroxyl groups is 1. The molecule has 0 saturated heterocycles. The summed E-state index contributed by atoms with van der Waals surface area (Å²) in [7, 11) is 0. The van der Waals surface area contributed by atoms with Crippen LogP contribution in [0.1, 0.15) is 32.3 Å². The third-order valence-electron chi connectivity index (χ3n) is 4.44. The van der Waals surface area contributed by atoms with E-state index in [0.29, 0.717) is 5.56 Å². The summed E-state index contributed by atoms with van der Waals surface area (Å²) in [5, 5.41) is 34.5. The summed E-state index contributed by atoms with van der Waals surface area (Å²) in [6, 6.07) is 1.18. The van der Waals surface area contributed by atoms with Gasteiger partial charge in [-0.3, -0.25) is 19.2 Å². The van der Waals surface area contributed by atoms with Crippen LogP contribution in [0.15, 0.2) is 24.3 Å². The molecule has 12 heteroatoms. The lowest BCUT2D eigenvalue weighted by Gasteiger charge is -2.23. The number of amides is 3. The van der Waals surface area contributed by atoms with Gasteiger partial charge in [0.15, 0.2) is 0 Å². The smallest absolute Gasteiger partial charge is 0.326 e. The molecule has 0 radical (unpaired) electrons. The zero-order valence-electron chi connectivity index (χ0n) is 17.7. The Labute approximate surface area is 184 Å². The van der Waals surface area contributed by atoms with Crippen LogP contribution in [0, 0.1) is 0 Å². The van der Waals surface area contributed by atoms with Crippen molar-refractivity contribution in [2.24, 2.45) is 5.73 Å². The molecule has 1 rings (SSSR count). The molecule has 0 spiro atoms. The first-order valence-electron chi connectivity index (χ1n) is 9.80. The van der Waals surface area contributed by atoms with Crippen molar-refractivity contribution in [2.45, 2.75) is 57.3 Å². The third kappa shape index (κ3) is 9.00. The highest BCUT2D eigenvalue weighted by Crippen LogP contribution is 2.12. The van der Waals surface area contributed by atoms with Crippen molar-refractivity contribution in [1.29, 1.82) is 0 Å². The molecule has 0 heterocycles. The van der Waals surface area contributed by atoms with E-state index in [1.807, 2.05) is 0 Å². The Bertz CT molecular complexity index is 841. The molecule has 0 bridgehead atoms. The van der Waals surface area contributed by atoms with Gasteiger partial charge in [-0.25, -0.2) is 4.79 Å². The summed E-state index contributed by atoms with van der Waals surface area (Å²) >= 11 is 0. The molecule has 0 aliphatic rings. The van der Waals surface area contributed by atoms with Crippen LogP contribution in [-0.4, -0.2) is 69.1 Å². The van der Waals surface area contributed by atoms with E-state index in [0.717, 1.165) is 0 Å². The normalized spacial score (nSPS) is 14.3.